The molecule has 1 aromatic carbocycles. The van der Waals surface area contributed by atoms with E-state index in [1.165, 1.54) is 6.07 Å². The lowest BCUT2D eigenvalue weighted by Crippen LogP contribution is -2.39. The Morgan fingerprint density at radius 2 is 2.18 bits per heavy atom. The Morgan fingerprint density at radius 3 is 2.76 bits per heavy atom. The molecule has 1 aromatic rings. The van der Waals surface area contributed by atoms with E-state index in [0.29, 0.717) is 10.6 Å². The van der Waals surface area contributed by atoms with Crippen LogP contribution in [0.2, 0.25) is 5.02 Å². The molecular formula is C11H12ClF2NO2. The van der Waals surface area contributed by atoms with E-state index >= 15 is 0 Å². The maximum Gasteiger partial charge on any atom is 0.287 e. The predicted molar refractivity (Wildman–Crippen MR) is 60.6 cm³/mol. The average Bonchev–Trinajstić information content (AvgIpc) is 2.29. The number of aliphatic hydroxyl groups excluding tert-OH is 1. The molecule has 1 amide bonds. The van der Waals surface area contributed by atoms with Crippen LogP contribution in [0.5, 0.6) is 0 Å². The highest BCUT2D eigenvalue weighted by molar-refractivity contribution is 6.31. The lowest BCUT2D eigenvalue weighted by atomic mass is 10.1. The summed E-state index contributed by atoms with van der Waals surface area (Å²) in [6, 6.07) is 4.64. The molecule has 0 atom stereocenters. The maximum atomic E-state index is 12.7. The zero-order chi connectivity index (χ0) is 13.1. The second-order valence-corrected chi connectivity index (χ2v) is 4.09. The molecule has 0 fully saturated rings. The summed E-state index contributed by atoms with van der Waals surface area (Å²) in [4.78, 5) is 11.6. The quantitative estimate of drug-likeness (QED) is 0.873. The Balaban J connectivity index is 2.74. The number of carbonyl (C=O) groups is 1. The molecule has 0 saturated carbocycles. The normalized spacial score (nSPS) is 11.4. The van der Waals surface area contributed by atoms with Crippen molar-refractivity contribution in [2.45, 2.75) is 12.8 Å². The summed E-state index contributed by atoms with van der Waals surface area (Å²) in [6.07, 6.45) is 0. The van der Waals surface area contributed by atoms with Crippen LogP contribution in [0.25, 0.3) is 0 Å². The molecule has 1 rings (SSSR count). The van der Waals surface area contributed by atoms with Crippen LogP contribution in [-0.2, 0) is 0 Å². The van der Waals surface area contributed by atoms with E-state index in [1.54, 1.807) is 19.1 Å². The van der Waals surface area contributed by atoms with E-state index in [0.717, 1.165) is 0 Å². The third-order valence-electron chi connectivity index (χ3n) is 2.18. The van der Waals surface area contributed by atoms with Crippen LogP contribution in [-0.4, -0.2) is 30.1 Å². The van der Waals surface area contributed by atoms with Crippen molar-refractivity contribution < 1.29 is 18.7 Å². The first-order chi connectivity index (χ1) is 7.85. The molecule has 0 aromatic heterocycles. The lowest BCUT2D eigenvalue weighted by Gasteiger charge is -2.14. The van der Waals surface area contributed by atoms with Gasteiger partial charge in [-0.15, -0.1) is 0 Å². The molecule has 3 nitrogen and oxygen atoms in total. The molecule has 0 aliphatic heterocycles. The number of aliphatic hydroxyl groups is 1. The minimum Gasteiger partial charge on any atom is -0.390 e. The molecule has 6 heteroatoms. The molecular weight excluding hydrogens is 252 g/mol. The van der Waals surface area contributed by atoms with E-state index in [4.69, 9.17) is 16.7 Å². The van der Waals surface area contributed by atoms with Crippen LogP contribution in [0.3, 0.4) is 0 Å². The van der Waals surface area contributed by atoms with Crippen molar-refractivity contribution >= 4 is 17.5 Å². The highest BCUT2D eigenvalue weighted by Crippen LogP contribution is 2.16. The SMILES string of the molecule is Cc1ccc(Cl)cc1C(=O)NCC(F)(F)CO. The molecule has 0 saturated heterocycles. The monoisotopic (exact) mass is 263 g/mol. The summed E-state index contributed by atoms with van der Waals surface area (Å²) in [5.41, 5.74) is 0.880. The van der Waals surface area contributed by atoms with Gasteiger partial charge in [-0.25, -0.2) is 8.78 Å². The highest BCUT2D eigenvalue weighted by atomic mass is 35.5. The van der Waals surface area contributed by atoms with Gasteiger partial charge < -0.3 is 10.4 Å². The Hall–Kier alpha value is -1.20. The number of hydrogen-bond acceptors (Lipinski definition) is 2. The van der Waals surface area contributed by atoms with Crippen LogP contribution in [0, 0.1) is 6.92 Å². The molecule has 0 heterocycles. The minimum absolute atomic E-state index is 0.242. The topological polar surface area (TPSA) is 49.3 Å². The number of amides is 1. The molecule has 0 bridgehead atoms. The van der Waals surface area contributed by atoms with E-state index in [2.05, 4.69) is 5.32 Å². The van der Waals surface area contributed by atoms with Crippen LogP contribution >= 0.6 is 11.6 Å². The Labute approximate surface area is 102 Å². The Morgan fingerprint density at radius 1 is 1.53 bits per heavy atom. The van der Waals surface area contributed by atoms with Crippen molar-refractivity contribution in [3.05, 3.63) is 34.3 Å². The summed E-state index contributed by atoms with van der Waals surface area (Å²) in [5.74, 6) is -3.96. The van der Waals surface area contributed by atoms with E-state index < -0.39 is 25.0 Å². The van der Waals surface area contributed by atoms with Crippen molar-refractivity contribution in [3.63, 3.8) is 0 Å². The Bertz CT molecular complexity index is 424. The zero-order valence-electron chi connectivity index (χ0n) is 9.14. The van der Waals surface area contributed by atoms with Gasteiger partial charge in [0.05, 0.1) is 6.54 Å². The summed E-state index contributed by atoms with van der Waals surface area (Å²) in [5, 5.41) is 10.8. The summed E-state index contributed by atoms with van der Waals surface area (Å²) in [6.45, 7) is -0.536. The van der Waals surface area contributed by atoms with Gasteiger partial charge in [-0.1, -0.05) is 17.7 Å². The summed E-state index contributed by atoms with van der Waals surface area (Å²) >= 11 is 5.71. The number of rotatable bonds is 4. The number of halogens is 3. The molecule has 0 radical (unpaired) electrons. The molecule has 0 spiro atoms. The van der Waals surface area contributed by atoms with E-state index in [9.17, 15) is 13.6 Å². The second-order valence-electron chi connectivity index (χ2n) is 3.66. The van der Waals surface area contributed by atoms with Crippen molar-refractivity contribution in [3.8, 4) is 0 Å². The summed E-state index contributed by atoms with van der Waals surface area (Å²) < 4.78 is 25.4. The van der Waals surface area contributed by atoms with Gasteiger partial charge in [0.2, 0.25) is 0 Å². The van der Waals surface area contributed by atoms with Crippen molar-refractivity contribution in [1.29, 1.82) is 0 Å². The van der Waals surface area contributed by atoms with Crippen LogP contribution in [0.4, 0.5) is 8.78 Å². The molecule has 0 unspecified atom stereocenters. The van der Waals surface area contributed by atoms with Crippen LogP contribution in [0.1, 0.15) is 15.9 Å². The number of nitrogens with one attached hydrogen (secondary N) is 1. The molecule has 94 valence electrons. The second kappa shape index (κ2) is 5.42. The van der Waals surface area contributed by atoms with Gasteiger partial charge in [-0.05, 0) is 24.6 Å². The lowest BCUT2D eigenvalue weighted by molar-refractivity contribution is -0.0462. The first-order valence-corrected chi connectivity index (χ1v) is 5.26. The summed E-state index contributed by atoms with van der Waals surface area (Å²) in [7, 11) is 0. The van der Waals surface area contributed by atoms with Gasteiger partial charge in [0, 0.05) is 10.6 Å². The van der Waals surface area contributed by atoms with Crippen molar-refractivity contribution in [1.82, 2.24) is 5.32 Å². The minimum atomic E-state index is -3.32. The number of hydrogen-bond donors (Lipinski definition) is 2. The van der Waals surface area contributed by atoms with Gasteiger partial charge in [-0.2, -0.15) is 0 Å². The fourth-order valence-electron chi connectivity index (χ4n) is 1.20. The standard InChI is InChI=1S/C11H12ClF2NO2/c1-7-2-3-8(12)4-9(7)10(17)15-5-11(13,14)6-16/h2-4,16H,5-6H2,1H3,(H,15,17). The fourth-order valence-corrected chi connectivity index (χ4v) is 1.37. The van der Waals surface area contributed by atoms with Gasteiger partial charge in [0.1, 0.15) is 6.61 Å². The smallest absolute Gasteiger partial charge is 0.287 e. The van der Waals surface area contributed by atoms with Gasteiger partial charge in [-0.3, -0.25) is 4.79 Å². The molecule has 17 heavy (non-hydrogen) atoms. The first kappa shape index (κ1) is 13.9. The number of alkyl halides is 2. The first-order valence-electron chi connectivity index (χ1n) is 4.89. The van der Waals surface area contributed by atoms with Gasteiger partial charge >= 0.3 is 0 Å². The average molecular weight is 264 g/mol. The highest BCUT2D eigenvalue weighted by Gasteiger charge is 2.28. The largest absolute Gasteiger partial charge is 0.390 e. The molecule has 0 aliphatic carbocycles. The van der Waals surface area contributed by atoms with Crippen molar-refractivity contribution in [2.24, 2.45) is 0 Å². The Kier molecular flexibility index (Phi) is 4.42. The third kappa shape index (κ3) is 3.94. The number of carbonyl (C=O) groups excluding carboxylic acids is 1. The van der Waals surface area contributed by atoms with Crippen LogP contribution < -0.4 is 5.32 Å². The van der Waals surface area contributed by atoms with E-state index in [-0.39, 0.29) is 5.56 Å². The molecule has 0 aliphatic rings. The third-order valence-corrected chi connectivity index (χ3v) is 2.42. The fraction of sp³-hybridized carbons (Fsp3) is 0.364. The van der Waals surface area contributed by atoms with Crippen LogP contribution in [0.15, 0.2) is 18.2 Å². The number of benzene rings is 1. The van der Waals surface area contributed by atoms with E-state index in [1.807, 2.05) is 0 Å². The van der Waals surface area contributed by atoms with Gasteiger partial charge in [0.15, 0.2) is 0 Å². The predicted octanol–water partition coefficient (Wildman–Crippen LogP) is 2.01. The number of aryl methyl sites for hydroxylation is 1. The van der Waals surface area contributed by atoms with Crippen molar-refractivity contribution in [2.75, 3.05) is 13.2 Å². The zero-order valence-corrected chi connectivity index (χ0v) is 9.89. The maximum absolute atomic E-state index is 12.7. The molecule has 2 N–H and O–H groups in total. The van der Waals surface area contributed by atoms with Gasteiger partial charge in [0.25, 0.3) is 11.8 Å².